The number of carbonyl (C=O) groups excluding carboxylic acids is 1. The van der Waals surface area contributed by atoms with Gasteiger partial charge in [-0.15, -0.1) is 11.3 Å². The number of methoxy groups -OCH3 is 1. The normalized spacial score (nSPS) is 23.1. The van der Waals surface area contributed by atoms with Gasteiger partial charge in [-0.3, -0.25) is 9.59 Å². The summed E-state index contributed by atoms with van der Waals surface area (Å²) in [4.78, 5) is 25.4. The first kappa shape index (κ1) is 12.9. The molecule has 2 heterocycles. The summed E-state index contributed by atoms with van der Waals surface area (Å²) in [6.45, 7) is 2.65. The van der Waals surface area contributed by atoms with Gasteiger partial charge in [0.2, 0.25) is 0 Å². The highest BCUT2D eigenvalue weighted by Gasteiger charge is 2.37. The van der Waals surface area contributed by atoms with Crippen LogP contribution < -0.4 is 4.74 Å². The number of rotatable bonds is 3. The lowest BCUT2D eigenvalue weighted by Crippen LogP contribution is -2.29. The zero-order valence-electron chi connectivity index (χ0n) is 10.3. The van der Waals surface area contributed by atoms with Crippen LogP contribution in [-0.4, -0.2) is 42.1 Å². The second-order valence-electron chi connectivity index (χ2n) is 4.48. The largest absolute Gasteiger partial charge is 0.496 e. The maximum atomic E-state index is 12.2. The summed E-state index contributed by atoms with van der Waals surface area (Å²) >= 11 is 1.32. The van der Waals surface area contributed by atoms with E-state index in [0.717, 1.165) is 0 Å². The molecule has 5 nitrogen and oxygen atoms in total. The molecule has 98 valence electrons. The predicted molar refractivity (Wildman–Crippen MR) is 67.1 cm³/mol. The molecule has 0 radical (unpaired) electrons. The third-order valence-corrected chi connectivity index (χ3v) is 4.14. The minimum Gasteiger partial charge on any atom is -0.496 e. The van der Waals surface area contributed by atoms with E-state index in [1.54, 1.807) is 23.5 Å². The number of nitrogens with zero attached hydrogens (tertiary/aromatic N) is 1. The molecular formula is C12H15NO4S. The molecule has 18 heavy (non-hydrogen) atoms. The van der Waals surface area contributed by atoms with Gasteiger partial charge in [-0.25, -0.2) is 0 Å². The van der Waals surface area contributed by atoms with E-state index in [1.807, 2.05) is 6.92 Å². The third kappa shape index (κ3) is 2.33. The molecule has 6 heteroatoms. The van der Waals surface area contributed by atoms with E-state index in [9.17, 15) is 9.59 Å². The van der Waals surface area contributed by atoms with E-state index in [-0.39, 0.29) is 18.4 Å². The van der Waals surface area contributed by atoms with E-state index in [4.69, 9.17) is 9.84 Å². The highest BCUT2D eigenvalue weighted by Crippen LogP contribution is 2.28. The van der Waals surface area contributed by atoms with Crippen LogP contribution in [0.4, 0.5) is 0 Å². The molecule has 0 bridgehead atoms. The van der Waals surface area contributed by atoms with Crippen molar-refractivity contribution in [2.24, 2.45) is 11.8 Å². The van der Waals surface area contributed by atoms with Gasteiger partial charge in [0.15, 0.2) is 0 Å². The minimum atomic E-state index is -0.832. The van der Waals surface area contributed by atoms with Crippen LogP contribution in [0.2, 0.25) is 0 Å². The molecule has 2 rings (SSSR count). The molecule has 0 spiro atoms. The Hall–Kier alpha value is -1.56. The highest BCUT2D eigenvalue weighted by molar-refractivity contribution is 7.12. The van der Waals surface area contributed by atoms with E-state index in [0.29, 0.717) is 17.2 Å². The number of thiophene rings is 1. The number of ether oxygens (including phenoxy) is 1. The average Bonchev–Trinajstić information content (AvgIpc) is 2.94. The van der Waals surface area contributed by atoms with Crippen LogP contribution in [0.15, 0.2) is 11.4 Å². The third-order valence-electron chi connectivity index (χ3n) is 3.24. The molecule has 2 unspecified atom stereocenters. The van der Waals surface area contributed by atoms with Gasteiger partial charge in [-0.2, -0.15) is 0 Å². The average molecular weight is 269 g/mol. The molecule has 0 aromatic carbocycles. The van der Waals surface area contributed by atoms with Crippen molar-refractivity contribution in [1.82, 2.24) is 4.90 Å². The van der Waals surface area contributed by atoms with Gasteiger partial charge in [-0.05, 0) is 5.92 Å². The Bertz CT molecular complexity index is 470. The Labute approximate surface area is 109 Å². The Morgan fingerprint density at radius 3 is 2.72 bits per heavy atom. The number of carboxylic acids is 1. The summed E-state index contributed by atoms with van der Waals surface area (Å²) in [6, 6.07) is 1.69. The molecule has 2 atom stereocenters. The van der Waals surface area contributed by atoms with Crippen LogP contribution in [0.25, 0.3) is 0 Å². The molecule has 1 saturated heterocycles. The van der Waals surface area contributed by atoms with Crippen LogP contribution in [0.1, 0.15) is 16.6 Å². The van der Waals surface area contributed by atoms with Crippen molar-refractivity contribution in [3.05, 3.63) is 16.3 Å². The van der Waals surface area contributed by atoms with Gasteiger partial charge in [0, 0.05) is 24.5 Å². The van der Waals surface area contributed by atoms with Crippen molar-refractivity contribution in [2.45, 2.75) is 6.92 Å². The lowest BCUT2D eigenvalue weighted by Gasteiger charge is -2.14. The molecule has 1 N–H and O–H groups in total. The van der Waals surface area contributed by atoms with Crippen LogP contribution in [0, 0.1) is 11.8 Å². The first-order chi connectivity index (χ1) is 8.52. The Morgan fingerprint density at radius 2 is 2.22 bits per heavy atom. The highest BCUT2D eigenvalue weighted by atomic mass is 32.1. The summed E-state index contributed by atoms with van der Waals surface area (Å²) in [5, 5.41) is 10.8. The van der Waals surface area contributed by atoms with Crippen molar-refractivity contribution in [2.75, 3.05) is 20.2 Å². The minimum absolute atomic E-state index is 0.00620. The Balaban J connectivity index is 2.09. The van der Waals surface area contributed by atoms with Crippen molar-refractivity contribution in [1.29, 1.82) is 0 Å². The molecule has 1 aliphatic rings. The maximum absolute atomic E-state index is 12.2. The van der Waals surface area contributed by atoms with E-state index < -0.39 is 11.9 Å². The van der Waals surface area contributed by atoms with Gasteiger partial charge < -0.3 is 14.7 Å². The number of aliphatic carboxylic acids is 1. The fourth-order valence-corrected chi connectivity index (χ4v) is 2.97. The van der Waals surface area contributed by atoms with E-state index in [1.165, 1.54) is 11.3 Å². The summed E-state index contributed by atoms with van der Waals surface area (Å²) in [5.74, 6) is -0.755. The lowest BCUT2D eigenvalue weighted by molar-refractivity contribution is -0.142. The van der Waals surface area contributed by atoms with Crippen molar-refractivity contribution < 1.29 is 19.4 Å². The number of hydrogen-bond donors (Lipinski definition) is 1. The molecule has 1 aromatic rings. The van der Waals surface area contributed by atoms with Gasteiger partial charge in [0.25, 0.3) is 5.91 Å². The number of hydrogen-bond acceptors (Lipinski definition) is 4. The zero-order chi connectivity index (χ0) is 13.3. The fraction of sp³-hybridized carbons (Fsp3) is 0.500. The second kappa shape index (κ2) is 4.97. The quantitative estimate of drug-likeness (QED) is 0.904. The lowest BCUT2D eigenvalue weighted by atomic mass is 9.99. The van der Waals surface area contributed by atoms with Crippen LogP contribution in [-0.2, 0) is 4.79 Å². The van der Waals surface area contributed by atoms with Crippen molar-refractivity contribution in [3.8, 4) is 5.75 Å². The molecule has 1 amide bonds. The Morgan fingerprint density at radius 1 is 1.50 bits per heavy atom. The van der Waals surface area contributed by atoms with Crippen molar-refractivity contribution in [3.63, 3.8) is 0 Å². The monoisotopic (exact) mass is 269 g/mol. The topological polar surface area (TPSA) is 66.8 Å². The maximum Gasteiger partial charge on any atom is 0.308 e. The first-order valence-electron chi connectivity index (χ1n) is 5.67. The fourth-order valence-electron chi connectivity index (χ4n) is 2.15. The van der Waals surface area contributed by atoms with Gasteiger partial charge in [0.1, 0.15) is 5.75 Å². The Kier molecular flexibility index (Phi) is 3.56. The first-order valence-corrected chi connectivity index (χ1v) is 6.55. The summed E-state index contributed by atoms with van der Waals surface area (Å²) in [6.07, 6.45) is 0. The summed E-state index contributed by atoms with van der Waals surface area (Å²) < 4.78 is 5.03. The molecule has 1 aromatic heterocycles. The van der Waals surface area contributed by atoms with E-state index >= 15 is 0 Å². The molecular weight excluding hydrogens is 254 g/mol. The predicted octanol–water partition coefficient (Wildman–Crippen LogP) is 1.55. The number of carbonyl (C=O) groups is 2. The second-order valence-corrected chi connectivity index (χ2v) is 5.39. The van der Waals surface area contributed by atoms with E-state index in [2.05, 4.69) is 0 Å². The van der Waals surface area contributed by atoms with Gasteiger partial charge in [-0.1, -0.05) is 6.92 Å². The van der Waals surface area contributed by atoms with Gasteiger partial charge >= 0.3 is 5.97 Å². The number of carboxylic acid groups (broad SMARTS) is 1. The van der Waals surface area contributed by atoms with Crippen LogP contribution in [0.3, 0.4) is 0 Å². The number of amides is 1. The van der Waals surface area contributed by atoms with Crippen LogP contribution >= 0.6 is 11.3 Å². The smallest absolute Gasteiger partial charge is 0.308 e. The standard InChI is InChI=1S/C12H15NO4S/c1-7-4-13(5-9(7)12(15)16)11(14)10-3-8(17-2)6-18-10/h3,6-7,9H,4-5H2,1-2H3,(H,15,16). The molecule has 1 aliphatic heterocycles. The molecule has 0 aliphatic carbocycles. The summed E-state index contributed by atoms with van der Waals surface area (Å²) in [5.41, 5.74) is 0. The number of likely N-dealkylation sites (tertiary alicyclic amines) is 1. The zero-order valence-corrected chi connectivity index (χ0v) is 11.1. The molecule has 1 fully saturated rings. The molecule has 0 saturated carbocycles. The van der Waals surface area contributed by atoms with Crippen molar-refractivity contribution >= 4 is 23.2 Å². The SMILES string of the molecule is COc1csc(C(=O)N2CC(C)C(C(=O)O)C2)c1. The van der Waals surface area contributed by atoms with Crippen LogP contribution in [0.5, 0.6) is 5.75 Å². The summed E-state index contributed by atoms with van der Waals surface area (Å²) in [7, 11) is 1.55. The van der Waals surface area contributed by atoms with Gasteiger partial charge in [0.05, 0.1) is 17.9 Å².